The van der Waals surface area contributed by atoms with Crippen LogP contribution in [0.1, 0.15) is 24.2 Å². The number of hydrogen-bond donors (Lipinski definition) is 2. The average Bonchev–Trinajstić information content (AvgIpc) is 2.57. The number of nitrogens with one attached hydrogen (secondary N) is 1. The first kappa shape index (κ1) is 12.9. The number of aryl methyl sites for hydroxylation is 1. The van der Waals surface area contributed by atoms with E-state index in [1.165, 1.54) is 10.9 Å². The zero-order chi connectivity index (χ0) is 12.3. The molecule has 0 unspecified atom stereocenters. The Morgan fingerprint density at radius 1 is 1.69 bits per heavy atom. The molecule has 1 rings (SSSR count). The standard InChI is InChI=1S/C10H18N4OS/c1-10(2,16-4)6-12-9(15)7-5-13-14(3)8(7)11/h5H,6,11H2,1-4H3,(H,12,15). The molecule has 16 heavy (non-hydrogen) atoms. The number of thioether (sulfide) groups is 1. The van der Waals surface area contributed by atoms with Gasteiger partial charge in [-0.15, -0.1) is 0 Å². The van der Waals surface area contributed by atoms with Gasteiger partial charge in [-0.25, -0.2) is 0 Å². The van der Waals surface area contributed by atoms with Crippen LogP contribution in [0.2, 0.25) is 0 Å². The van der Waals surface area contributed by atoms with Crippen LogP contribution in [0.5, 0.6) is 0 Å². The number of anilines is 1. The Morgan fingerprint density at radius 2 is 2.31 bits per heavy atom. The van der Waals surface area contributed by atoms with Crippen molar-refractivity contribution in [3.8, 4) is 0 Å². The zero-order valence-corrected chi connectivity index (χ0v) is 10.9. The van der Waals surface area contributed by atoms with E-state index >= 15 is 0 Å². The van der Waals surface area contributed by atoms with Crippen molar-refractivity contribution in [1.82, 2.24) is 15.1 Å². The number of carbonyl (C=O) groups is 1. The number of carbonyl (C=O) groups excluding carboxylic acids is 1. The molecule has 5 nitrogen and oxygen atoms in total. The fraction of sp³-hybridized carbons (Fsp3) is 0.600. The Bertz CT molecular complexity index is 386. The molecule has 3 N–H and O–H groups in total. The molecular formula is C10H18N4OS. The summed E-state index contributed by atoms with van der Waals surface area (Å²) in [6.07, 6.45) is 3.50. The van der Waals surface area contributed by atoms with E-state index in [2.05, 4.69) is 24.3 Å². The van der Waals surface area contributed by atoms with Crippen LogP contribution in [0.15, 0.2) is 6.20 Å². The molecule has 1 aromatic rings. The second kappa shape index (κ2) is 4.78. The smallest absolute Gasteiger partial charge is 0.256 e. The molecule has 6 heteroatoms. The summed E-state index contributed by atoms with van der Waals surface area (Å²) in [6, 6.07) is 0. The van der Waals surface area contributed by atoms with Crippen LogP contribution < -0.4 is 11.1 Å². The van der Waals surface area contributed by atoms with Crippen LogP contribution in [0.4, 0.5) is 5.82 Å². The van der Waals surface area contributed by atoms with Gasteiger partial charge in [-0.2, -0.15) is 16.9 Å². The predicted molar refractivity (Wildman–Crippen MR) is 67.5 cm³/mol. The van der Waals surface area contributed by atoms with E-state index in [4.69, 9.17) is 5.73 Å². The van der Waals surface area contributed by atoms with Crippen molar-refractivity contribution in [3.63, 3.8) is 0 Å². The second-order valence-corrected chi connectivity index (χ2v) is 5.73. The minimum Gasteiger partial charge on any atom is -0.383 e. The molecule has 0 atom stereocenters. The fourth-order valence-corrected chi connectivity index (χ4v) is 1.30. The number of amides is 1. The largest absolute Gasteiger partial charge is 0.383 e. The zero-order valence-electron chi connectivity index (χ0n) is 10.1. The molecule has 0 radical (unpaired) electrons. The van der Waals surface area contributed by atoms with Crippen molar-refractivity contribution < 1.29 is 4.79 Å². The Morgan fingerprint density at radius 3 is 2.75 bits per heavy atom. The summed E-state index contributed by atoms with van der Waals surface area (Å²) in [5.74, 6) is 0.215. The molecule has 0 saturated heterocycles. The lowest BCUT2D eigenvalue weighted by Gasteiger charge is -2.22. The van der Waals surface area contributed by atoms with Crippen LogP contribution >= 0.6 is 11.8 Å². The van der Waals surface area contributed by atoms with E-state index in [-0.39, 0.29) is 10.7 Å². The summed E-state index contributed by atoms with van der Waals surface area (Å²) >= 11 is 1.71. The Kier molecular flexibility index (Phi) is 3.85. The summed E-state index contributed by atoms with van der Waals surface area (Å²) in [5, 5.41) is 6.78. The van der Waals surface area contributed by atoms with E-state index < -0.39 is 0 Å². The first-order valence-corrected chi connectivity index (χ1v) is 6.20. The van der Waals surface area contributed by atoms with Gasteiger partial charge in [0.15, 0.2) is 0 Å². The van der Waals surface area contributed by atoms with Crippen molar-refractivity contribution in [2.24, 2.45) is 7.05 Å². The van der Waals surface area contributed by atoms with E-state index in [1.54, 1.807) is 18.8 Å². The third-order valence-electron chi connectivity index (χ3n) is 2.46. The predicted octanol–water partition coefficient (Wildman–Crippen LogP) is 0.874. The molecule has 0 aromatic carbocycles. The number of aromatic nitrogens is 2. The van der Waals surface area contributed by atoms with E-state index in [0.717, 1.165) is 0 Å². The molecule has 0 spiro atoms. The van der Waals surface area contributed by atoms with Gasteiger partial charge in [0.05, 0.1) is 6.20 Å². The highest BCUT2D eigenvalue weighted by molar-refractivity contribution is 7.99. The maximum absolute atomic E-state index is 11.8. The molecule has 0 aliphatic rings. The number of nitrogens with two attached hydrogens (primary N) is 1. The molecule has 0 bridgehead atoms. The SMILES string of the molecule is CSC(C)(C)CNC(=O)c1cnn(C)c1N. The van der Waals surface area contributed by atoms with Gasteiger partial charge in [-0.05, 0) is 20.1 Å². The number of nitrogen functional groups attached to an aromatic ring is 1. The lowest BCUT2D eigenvalue weighted by Crippen LogP contribution is -2.36. The first-order chi connectivity index (χ1) is 7.37. The highest BCUT2D eigenvalue weighted by Gasteiger charge is 2.19. The second-order valence-electron chi connectivity index (χ2n) is 4.21. The van der Waals surface area contributed by atoms with Crippen LogP contribution in [0, 0.1) is 0 Å². The Balaban J connectivity index is 2.64. The molecule has 0 aliphatic heterocycles. The number of hydrogen-bond acceptors (Lipinski definition) is 4. The monoisotopic (exact) mass is 242 g/mol. The van der Waals surface area contributed by atoms with Gasteiger partial charge in [0.1, 0.15) is 11.4 Å². The van der Waals surface area contributed by atoms with Crippen molar-refractivity contribution >= 4 is 23.5 Å². The van der Waals surface area contributed by atoms with Crippen molar-refractivity contribution in [2.45, 2.75) is 18.6 Å². The summed E-state index contributed by atoms with van der Waals surface area (Å²) in [4.78, 5) is 11.8. The average molecular weight is 242 g/mol. The molecule has 1 aromatic heterocycles. The summed E-state index contributed by atoms with van der Waals surface area (Å²) < 4.78 is 1.50. The third kappa shape index (κ3) is 2.91. The molecular weight excluding hydrogens is 224 g/mol. The van der Waals surface area contributed by atoms with Crippen molar-refractivity contribution in [1.29, 1.82) is 0 Å². The highest BCUT2D eigenvalue weighted by Crippen LogP contribution is 2.20. The molecule has 0 fully saturated rings. The molecule has 0 saturated carbocycles. The Hall–Kier alpha value is -1.17. The van der Waals surface area contributed by atoms with Gasteiger partial charge >= 0.3 is 0 Å². The highest BCUT2D eigenvalue weighted by atomic mass is 32.2. The van der Waals surface area contributed by atoms with Gasteiger partial charge in [-0.1, -0.05) is 0 Å². The minimum atomic E-state index is -0.173. The summed E-state index contributed by atoms with van der Waals surface area (Å²) in [6.45, 7) is 4.75. The maximum Gasteiger partial charge on any atom is 0.256 e. The molecule has 0 aliphatic carbocycles. The van der Waals surface area contributed by atoms with Gasteiger partial charge in [0.2, 0.25) is 0 Å². The number of nitrogens with zero attached hydrogens (tertiary/aromatic N) is 2. The van der Waals surface area contributed by atoms with Crippen LogP contribution in [0.3, 0.4) is 0 Å². The Labute approximate surface area is 99.8 Å². The van der Waals surface area contributed by atoms with Gasteiger partial charge < -0.3 is 11.1 Å². The van der Waals surface area contributed by atoms with Crippen molar-refractivity contribution in [2.75, 3.05) is 18.5 Å². The van der Waals surface area contributed by atoms with Crippen LogP contribution in [-0.4, -0.2) is 33.2 Å². The van der Waals surface area contributed by atoms with Gasteiger partial charge in [-0.3, -0.25) is 9.48 Å². The van der Waals surface area contributed by atoms with E-state index in [9.17, 15) is 4.79 Å². The molecule has 1 heterocycles. The number of rotatable bonds is 4. The molecule has 90 valence electrons. The third-order valence-corrected chi connectivity index (χ3v) is 3.71. The van der Waals surface area contributed by atoms with Gasteiger partial charge in [0.25, 0.3) is 5.91 Å². The lowest BCUT2D eigenvalue weighted by molar-refractivity contribution is 0.0951. The molecule has 1 amide bonds. The first-order valence-electron chi connectivity index (χ1n) is 4.98. The summed E-state index contributed by atoms with van der Waals surface area (Å²) in [5.41, 5.74) is 6.14. The quantitative estimate of drug-likeness (QED) is 0.822. The topological polar surface area (TPSA) is 72.9 Å². The maximum atomic E-state index is 11.8. The van der Waals surface area contributed by atoms with E-state index in [0.29, 0.717) is 17.9 Å². The van der Waals surface area contributed by atoms with Crippen LogP contribution in [-0.2, 0) is 7.05 Å². The van der Waals surface area contributed by atoms with Crippen molar-refractivity contribution in [3.05, 3.63) is 11.8 Å². The fourth-order valence-electron chi connectivity index (χ4n) is 1.08. The minimum absolute atomic E-state index is 0.0205. The normalized spacial score (nSPS) is 11.5. The van der Waals surface area contributed by atoms with Crippen LogP contribution in [0.25, 0.3) is 0 Å². The van der Waals surface area contributed by atoms with Gasteiger partial charge in [0, 0.05) is 18.3 Å². The summed E-state index contributed by atoms with van der Waals surface area (Å²) in [7, 11) is 1.71. The van der Waals surface area contributed by atoms with E-state index in [1.807, 2.05) is 6.26 Å². The lowest BCUT2D eigenvalue weighted by atomic mass is 10.2.